The number of carbonyl (C=O) groups is 1. The van der Waals surface area contributed by atoms with Gasteiger partial charge < -0.3 is 10.2 Å². The van der Waals surface area contributed by atoms with Gasteiger partial charge in [0.15, 0.2) is 0 Å². The Morgan fingerprint density at radius 1 is 1.43 bits per heavy atom. The van der Waals surface area contributed by atoms with Crippen molar-refractivity contribution in [1.82, 2.24) is 9.88 Å². The largest absolute Gasteiger partial charge is 0.370 e. The highest BCUT2D eigenvalue weighted by atomic mass is 16.2. The third-order valence-electron chi connectivity index (χ3n) is 4.12. The van der Waals surface area contributed by atoms with Gasteiger partial charge in [-0.2, -0.15) is 0 Å². The second-order valence-corrected chi connectivity index (χ2v) is 5.60. The van der Waals surface area contributed by atoms with Crippen molar-refractivity contribution in [3.05, 3.63) is 36.0 Å². The predicted octanol–water partition coefficient (Wildman–Crippen LogP) is 3.29. The number of hydrogen-bond donors (Lipinski definition) is 1. The zero-order valence-electron chi connectivity index (χ0n) is 12.6. The number of anilines is 1. The zero-order chi connectivity index (χ0) is 14.8. The van der Waals surface area contributed by atoms with Crippen molar-refractivity contribution < 1.29 is 4.79 Å². The van der Waals surface area contributed by atoms with Crippen LogP contribution in [0.2, 0.25) is 0 Å². The molecule has 4 nitrogen and oxygen atoms in total. The first-order valence-electron chi connectivity index (χ1n) is 7.65. The summed E-state index contributed by atoms with van der Waals surface area (Å²) in [6.07, 6.45) is 2.17. The molecule has 2 aromatic rings. The maximum Gasteiger partial charge on any atom is 0.272 e. The number of hydrogen-bond acceptors (Lipinski definition) is 3. The van der Waals surface area contributed by atoms with Crippen LogP contribution in [-0.2, 0) is 0 Å². The number of rotatable bonds is 3. The molecule has 1 unspecified atom stereocenters. The molecule has 1 aromatic carbocycles. The fraction of sp³-hybridized carbons (Fsp3) is 0.412. The lowest BCUT2D eigenvalue weighted by atomic mass is 10.1. The summed E-state index contributed by atoms with van der Waals surface area (Å²) in [5, 5.41) is 5.38. The van der Waals surface area contributed by atoms with Crippen molar-refractivity contribution >= 4 is 22.5 Å². The number of fused-ring (bicyclic) bond motifs is 1. The van der Waals surface area contributed by atoms with Crippen LogP contribution in [0, 0.1) is 0 Å². The number of carbonyl (C=O) groups excluding carboxylic acids is 1. The van der Waals surface area contributed by atoms with E-state index in [1.807, 2.05) is 42.2 Å². The summed E-state index contributed by atoms with van der Waals surface area (Å²) in [4.78, 5) is 19.2. The van der Waals surface area contributed by atoms with Gasteiger partial charge in [0, 0.05) is 24.5 Å². The van der Waals surface area contributed by atoms with Gasteiger partial charge in [0.05, 0.1) is 0 Å². The van der Waals surface area contributed by atoms with Gasteiger partial charge in [-0.05, 0) is 38.1 Å². The van der Waals surface area contributed by atoms with Crippen LogP contribution in [0.5, 0.6) is 0 Å². The van der Waals surface area contributed by atoms with Gasteiger partial charge in [0.25, 0.3) is 5.91 Å². The van der Waals surface area contributed by atoms with E-state index in [1.165, 1.54) is 0 Å². The third-order valence-corrected chi connectivity index (χ3v) is 4.12. The van der Waals surface area contributed by atoms with E-state index >= 15 is 0 Å². The molecular formula is C17H21N3O. The molecule has 110 valence electrons. The second-order valence-electron chi connectivity index (χ2n) is 5.60. The SMILES string of the molecule is CCNc1nc(C(=O)N2CCCC2C)cc2ccccc12. The summed E-state index contributed by atoms with van der Waals surface area (Å²) in [5.74, 6) is 0.843. The van der Waals surface area contributed by atoms with Crippen LogP contribution >= 0.6 is 0 Å². The average Bonchev–Trinajstić information content (AvgIpc) is 2.93. The lowest BCUT2D eigenvalue weighted by molar-refractivity contribution is 0.0742. The minimum atomic E-state index is 0.0462. The standard InChI is InChI=1S/C17H21N3O/c1-3-18-16-14-9-5-4-8-13(14)11-15(19-16)17(21)20-10-6-7-12(20)2/h4-5,8-9,11-12H,3,6-7,10H2,1-2H3,(H,18,19). The minimum Gasteiger partial charge on any atom is -0.370 e. The molecule has 0 spiro atoms. The summed E-state index contributed by atoms with van der Waals surface area (Å²) >= 11 is 0. The van der Waals surface area contributed by atoms with E-state index in [-0.39, 0.29) is 5.91 Å². The molecule has 1 saturated heterocycles. The molecule has 21 heavy (non-hydrogen) atoms. The Morgan fingerprint density at radius 3 is 2.95 bits per heavy atom. The molecule has 1 fully saturated rings. The van der Waals surface area contributed by atoms with Crippen LogP contribution < -0.4 is 5.32 Å². The number of benzene rings is 1. The van der Waals surface area contributed by atoms with Gasteiger partial charge in [-0.3, -0.25) is 4.79 Å². The van der Waals surface area contributed by atoms with Crippen LogP contribution in [0.25, 0.3) is 10.8 Å². The zero-order valence-corrected chi connectivity index (χ0v) is 12.6. The van der Waals surface area contributed by atoms with Gasteiger partial charge in [-0.25, -0.2) is 4.98 Å². The molecule has 1 aromatic heterocycles. The van der Waals surface area contributed by atoms with E-state index in [2.05, 4.69) is 17.2 Å². The molecule has 1 aliphatic heterocycles. The summed E-state index contributed by atoms with van der Waals surface area (Å²) < 4.78 is 0. The average molecular weight is 283 g/mol. The lowest BCUT2D eigenvalue weighted by Crippen LogP contribution is -2.34. The minimum absolute atomic E-state index is 0.0462. The van der Waals surface area contributed by atoms with Gasteiger partial charge in [0.2, 0.25) is 0 Å². The number of likely N-dealkylation sites (tertiary alicyclic amines) is 1. The molecule has 1 atom stereocenters. The summed E-state index contributed by atoms with van der Waals surface area (Å²) in [5.41, 5.74) is 0.540. The van der Waals surface area contributed by atoms with E-state index in [4.69, 9.17) is 0 Å². The van der Waals surface area contributed by atoms with Crippen LogP contribution in [0.15, 0.2) is 30.3 Å². The molecule has 3 rings (SSSR count). The Balaban J connectivity index is 2.04. The Morgan fingerprint density at radius 2 is 2.24 bits per heavy atom. The molecular weight excluding hydrogens is 262 g/mol. The maximum absolute atomic E-state index is 12.7. The highest BCUT2D eigenvalue weighted by Crippen LogP contribution is 2.25. The Hall–Kier alpha value is -2.10. The topological polar surface area (TPSA) is 45.2 Å². The van der Waals surface area contributed by atoms with Crippen molar-refractivity contribution in [2.45, 2.75) is 32.7 Å². The van der Waals surface area contributed by atoms with E-state index < -0.39 is 0 Å². The van der Waals surface area contributed by atoms with Crippen molar-refractivity contribution in [2.24, 2.45) is 0 Å². The summed E-state index contributed by atoms with van der Waals surface area (Å²) in [6.45, 7) is 5.77. The molecule has 2 heterocycles. The number of amides is 1. The van der Waals surface area contributed by atoms with E-state index in [0.29, 0.717) is 11.7 Å². The maximum atomic E-state index is 12.7. The fourth-order valence-electron chi connectivity index (χ4n) is 2.99. The van der Waals surface area contributed by atoms with Crippen molar-refractivity contribution in [3.8, 4) is 0 Å². The van der Waals surface area contributed by atoms with Crippen LogP contribution in [-0.4, -0.2) is 34.9 Å². The number of aromatic nitrogens is 1. The second kappa shape index (κ2) is 5.72. The number of nitrogens with one attached hydrogen (secondary N) is 1. The first kappa shape index (κ1) is 13.9. The van der Waals surface area contributed by atoms with Gasteiger partial charge in [0.1, 0.15) is 11.5 Å². The summed E-state index contributed by atoms with van der Waals surface area (Å²) in [6, 6.07) is 10.3. The molecule has 1 N–H and O–H groups in total. The fourth-order valence-corrected chi connectivity index (χ4v) is 2.99. The molecule has 1 aliphatic rings. The van der Waals surface area contributed by atoms with Gasteiger partial charge in [-0.15, -0.1) is 0 Å². The van der Waals surface area contributed by atoms with Gasteiger partial charge >= 0.3 is 0 Å². The highest BCUT2D eigenvalue weighted by molar-refractivity contribution is 6.00. The van der Waals surface area contributed by atoms with E-state index in [0.717, 1.165) is 42.5 Å². The Bertz CT molecular complexity index is 668. The first-order valence-corrected chi connectivity index (χ1v) is 7.65. The molecule has 0 radical (unpaired) electrons. The molecule has 4 heteroatoms. The molecule has 0 saturated carbocycles. The number of pyridine rings is 1. The Labute approximate surface area is 125 Å². The van der Waals surface area contributed by atoms with E-state index in [1.54, 1.807) is 0 Å². The van der Waals surface area contributed by atoms with Crippen molar-refractivity contribution in [2.75, 3.05) is 18.4 Å². The monoisotopic (exact) mass is 283 g/mol. The van der Waals surface area contributed by atoms with Crippen molar-refractivity contribution in [1.29, 1.82) is 0 Å². The normalized spacial score (nSPS) is 18.2. The van der Waals surface area contributed by atoms with Crippen LogP contribution in [0.4, 0.5) is 5.82 Å². The highest BCUT2D eigenvalue weighted by Gasteiger charge is 2.27. The third kappa shape index (κ3) is 2.58. The first-order chi connectivity index (χ1) is 10.2. The van der Waals surface area contributed by atoms with Crippen LogP contribution in [0.3, 0.4) is 0 Å². The lowest BCUT2D eigenvalue weighted by Gasteiger charge is -2.21. The predicted molar refractivity (Wildman–Crippen MR) is 85.6 cm³/mol. The van der Waals surface area contributed by atoms with E-state index in [9.17, 15) is 4.79 Å². The molecule has 1 amide bonds. The Kier molecular flexibility index (Phi) is 3.78. The summed E-state index contributed by atoms with van der Waals surface area (Å²) in [7, 11) is 0. The quantitative estimate of drug-likeness (QED) is 0.940. The van der Waals surface area contributed by atoms with Crippen LogP contribution in [0.1, 0.15) is 37.2 Å². The van der Waals surface area contributed by atoms with Crippen molar-refractivity contribution in [3.63, 3.8) is 0 Å². The van der Waals surface area contributed by atoms with Gasteiger partial charge in [-0.1, -0.05) is 24.3 Å². The number of nitrogens with zero attached hydrogens (tertiary/aromatic N) is 2. The molecule has 0 aliphatic carbocycles. The molecule has 0 bridgehead atoms. The smallest absolute Gasteiger partial charge is 0.272 e.